The van der Waals surface area contributed by atoms with Crippen LogP contribution in [0.25, 0.3) is 6.08 Å². The maximum atomic E-state index is 12.7. The average molecular weight is 589 g/mol. The molecule has 224 valence electrons. The molecule has 2 rings (SSSR count). The standard InChI is InChI=1S/C31H40O9S/c1-35-21-22-38-29(32)18-12-24-11-17-27(28(23-24)36-2)40-30(33)25-13-15-26(16-14-25)37-19-9-7-5-4-6-8-10-20-39-31(34)41-3/h11-18,23H,4-10,19-22H2,1-3H3/b18-12+. The van der Waals surface area contributed by atoms with Crippen molar-refractivity contribution in [1.82, 2.24) is 0 Å². The summed E-state index contributed by atoms with van der Waals surface area (Å²) in [6, 6.07) is 11.8. The molecule has 2 aromatic rings. The molecule has 2 aromatic carbocycles. The topological polar surface area (TPSA) is 107 Å². The third-order valence-corrected chi connectivity index (χ3v) is 6.32. The minimum absolute atomic E-state index is 0.174. The van der Waals surface area contributed by atoms with Crippen molar-refractivity contribution < 1.29 is 42.8 Å². The van der Waals surface area contributed by atoms with Gasteiger partial charge in [-0.1, -0.05) is 38.2 Å². The summed E-state index contributed by atoms with van der Waals surface area (Å²) in [5.74, 6) is 0.291. The molecular weight excluding hydrogens is 548 g/mol. The van der Waals surface area contributed by atoms with Crippen molar-refractivity contribution in [2.24, 2.45) is 0 Å². The SMILES string of the molecule is COCCOC(=O)/C=C/c1ccc(OC(=O)c2ccc(OCCCCCCCCCOC(=O)SC)cc2)c(OC)c1. The van der Waals surface area contributed by atoms with Gasteiger partial charge in [-0.15, -0.1) is 0 Å². The Bertz CT molecular complexity index is 1100. The second-order valence-electron chi connectivity index (χ2n) is 8.94. The smallest absolute Gasteiger partial charge is 0.367 e. The number of unbranched alkanes of at least 4 members (excludes halogenated alkanes) is 6. The first-order valence-electron chi connectivity index (χ1n) is 13.6. The number of hydrogen-bond donors (Lipinski definition) is 0. The highest BCUT2D eigenvalue weighted by atomic mass is 32.2. The Morgan fingerprint density at radius 3 is 2.10 bits per heavy atom. The lowest BCUT2D eigenvalue weighted by Crippen LogP contribution is -2.09. The second kappa shape index (κ2) is 20.4. The Hall–Kier alpha value is -3.50. The molecule has 0 spiro atoms. The van der Waals surface area contributed by atoms with E-state index in [1.54, 1.807) is 54.8 Å². The predicted molar refractivity (Wildman–Crippen MR) is 159 cm³/mol. The number of rotatable bonds is 19. The van der Waals surface area contributed by atoms with Crippen molar-refractivity contribution in [3.8, 4) is 17.2 Å². The summed E-state index contributed by atoms with van der Waals surface area (Å²) in [5.41, 5.74) is 1.06. The number of carbonyl (C=O) groups excluding carboxylic acids is 3. The fraction of sp³-hybridized carbons (Fsp3) is 0.452. The normalized spacial score (nSPS) is 10.8. The van der Waals surface area contributed by atoms with E-state index in [0.717, 1.165) is 56.7 Å². The van der Waals surface area contributed by atoms with Crippen LogP contribution < -0.4 is 14.2 Å². The number of esters is 2. The number of methoxy groups -OCH3 is 2. The van der Waals surface area contributed by atoms with Crippen LogP contribution in [0.15, 0.2) is 48.5 Å². The zero-order chi connectivity index (χ0) is 29.7. The number of carbonyl (C=O) groups is 3. The van der Waals surface area contributed by atoms with E-state index in [4.69, 9.17) is 28.4 Å². The maximum Gasteiger partial charge on any atom is 0.367 e. The molecule has 41 heavy (non-hydrogen) atoms. The minimum Gasteiger partial charge on any atom is -0.494 e. The summed E-state index contributed by atoms with van der Waals surface area (Å²) in [7, 11) is 3.00. The molecule has 0 radical (unpaired) electrons. The van der Waals surface area contributed by atoms with Crippen molar-refractivity contribution in [2.75, 3.05) is 46.9 Å². The lowest BCUT2D eigenvalue weighted by molar-refractivity contribution is -0.138. The van der Waals surface area contributed by atoms with Crippen molar-refractivity contribution in [3.63, 3.8) is 0 Å². The summed E-state index contributed by atoms with van der Waals surface area (Å²) in [6.45, 7) is 1.61. The molecule has 0 fully saturated rings. The van der Waals surface area contributed by atoms with Gasteiger partial charge in [0.15, 0.2) is 11.5 Å². The first-order valence-corrected chi connectivity index (χ1v) is 14.9. The number of ether oxygens (including phenoxy) is 6. The van der Waals surface area contributed by atoms with Crippen LogP contribution in [0, 0.1) is 0 Å². The largest absolute Gasteiger partial charge is 0.494 e. The molecule has 0 saturated heterocycles. The third-order valence-electron chi connectivity index (χ3n) is 5.87. The van der Waals surface area contributed by atoms with E-state index >= 15 is 0 Å². The predicted octanol–water partition coefficient (Wildman–Crippen LogP) is 6.73. The Labute approximate surface area is 246 Å². The Morgan fingerprint density at radius 1 is 0.756 bits per heavy atom. The number of thioether (sulfide) groups is 1. The molecule has 9 nitrogen and oxygen atoms in total. The van der Waals surface area contributed by atoms with Gasteiger partial charge in [0.05, 0.1) is 32.5 Å². The van der Waals surface area contributed by atoms with Crippen LogP contribution in [0.1, 0.15) is 60.9 Å². The van der Waals surface area contributed by atoms with Gasteiger partial charge in [0, 0.05) is 13.2 Å². The molecule has 10 heteroatoms. The van der Waals surface area contributed by atoms with Crippen molar-refractivity contribution in [3.05, 3.63) is 59.7 Å². The lowest BCUT2D eigenvalue weighted by atomic mass is 10.1. The molecule has 0 saturated carbocycles. The Morgan fingerprint density at radius 2 is 1.44 bits per heavy atom. The second-order valence-corrected chi connectivity index (χ2v) is 9.69. The lowest BCUT2D eigenvalue weighted by Gasteiger charge is -2.11. The fourth-order valence-corrected chi connectivity index (χ4v) is 3.85. The molecule has 0 aliphatic carbocycles. The molecule has 0 atom stereocenters. The van der Waals surface area contributed by atoms with Crippen molar-refractivity contribution in [1.29, 1.82) is 0 Å². The zero-order valence-electron chi connectivity index (χ0n) is 24.1. The van der Waals surface area contributed by atoms with Gasteiger partial charge >= 0.3 is 17.2 Å². The van der Waals surface area contributed by atoms with E-state index in [2.05, 4.69) is 0 Å². The molecular formula is C31H40O9S. The van der Waals surface area contributed by atoms with Crippen molar-refractivity contribution in [2.45, 2.75) is 44.9 Å². The molecule has 0 bridgehead atoms. The van der Waals surface area contributed by atoms with Gasteiger partial charge in [0.2, 0.25) is 0 Å². The quantitative estimate of drug-likeness (QED) is 0.0759. The van der Waals surface area contributed by atoms with Gasteiger partial charge in [-0.25, -0.2) is 14.4 Å². The van der Waals surface area contributed by atoms with E-state index in [-0.39, 0.29) is 17.7 Å². The molecule has 0 aliphatic rings. The third kappa shape index (κ3) is 14.1. The summed E-state index contributed by atoms with van der Waals surface area (Å²) < 4.78 is 31.6. The average Bonchev–Trinajstić information content (AvgIpc) is 2.99. The fourth-order valence-electron chi connectivity index (χ4n) is 3.65. The van der Waals surface area contributed by atoms with Gasteiger partial charge in [-0.3, -0.25) is 0 Å². The van der Waals surface area contributed by atoms with Crippen LogP contribution in [0.2, 0.25) is 0 Å². The number of hydrogen-bond acceptors (Lipinski definition) is 10. The molecule has 0 aliphatic heterocycles. The van der Waals surface area contributed by atoms with E-state index in [1.807, 2.05) is 0 Å². The molecule has 0 unspecified atom stereocenters. The zero-order valence-corrected chi connectivity index (χ0v) is 24.9. The van der Waals surface area contributed by atoms with Crippen LogP contribution in [0.4, 0.5) is 4.79 Å². The highest BCUT2D eigenvalue weighted by Crippen LogP contribution is 2.29. The van der Waals surface area contributed by atoms with Crippen LogP contribution in [-0.4, -0.2) is 64.1 Å². The minimum atomic E-state index is -0.526. The van der Waals surface area contributed by atoms with E-state index in [9.17, 15) is 14.4 Å². The Kier molecular flexibility index (Phi) is 16.8. The molecule has 0 N–H and O–H groups in total. The highest BCUT2D eigenvalue weighted by Gasteiger charge is 2.13. The first-order chi connectivity index (χ1) is 20.0. The van der Waals surface area contributed by atoms with Crippen LogP contribution in [0.5, 0.6) is 17.2 Å². The Balaban J connectivity index is 1.70. The van der Waals surface area contributed by atoms with Gasteiger partial charge < -0.3 is 28.4 Å². The summed E-state index contributed by atoms with van der Waals surface area (Å²) in [6.07, 6.45) is 12.0. The van der Waals surface area contributed by atoms with Gasteiger partial charge in [0.25, 0.3) is 0 Å². The van der Waals surface area contributed by atoms with Gasteiger partial charge in [-0.2, -0.15) is 0 Å². The molecule has 0 amide bonds. The van der Waals surface area contributed by atoms with E-state index in [1.165, 1.54) is 20.3 Å². The maximum absolute atomic E-state index is 12.7. The van der Waals surface area contributed by atoms with Crippen LogP contribution in [-0.2, 0) is 19.0 Å². The summed E-state index contributed by atoms with van der Waals surface area (Å²) >= 11 is 1.10. The number of benzene rings is 2. The van der Waals surface area contributed by atoms with E-state index in [0.29, 0.717) is 42.4 Å². The summed E-state index contributed by atoms with van der Waals surface area (Å²) in [4.78, 5) is 35.4. The molecule has 0 heterocycles. The van der Waals surface area contributed by atoms with Crippen LogP contribution >= 0.6 is 11.8 Å². The monoisotopic (exact) mass is 588 g/mol. The highest BCUT2D eigenvalue weighted by molar-refractivity contribution is 8.12. The van der Waals surface area contributed by atoms with Gasteiger partial charge in [0.1, 0.15) is 12.4 Å². The van der Waals surface area contributed by atoms with Gasteiger partial charge in [-0.05, 0) is 78.9 Å². The summed E-state index contributed by atoms with van der Waals surface area (Å²) in [5, 5.41) is -0.215. The van der Waals surface area contributed by atoms with E-state index < -0.39 is 11.9 Å². The van der Waals surface area contributed by atoms with Crippen molar-refractivity contribution >= 4 is 35.1 Å². The van der Waals surface area contributed by atoms with Crippen LogP contribution in [0.3, 0.4) is 0 Å². The molecule has 0 aromatic heterocycles. The first kappa shape index (κ1) is 33.7.